The van der Waals surface area contributed by atoms with Gasteiger partial charge in [-0.2, -0.15) is 13.2 Å². The van der Waals surface area contributed by atoms with Crippen molar-refractivity contribution in [3.8, 4) is 5.75 Å². The summed E-state index contributed by atoms with van der Waals surface area (Å²) in [5.74, 6) is -0.269. The molecule has 6 heteroatoms. The van der Waals surface area contributed by atoms with Crippen molar-refractivity contribution in [1.29, 1.82) is 0 Å². The van der Waals surface area contributed by atoms with Crippen molar-refractivity contribution in [3.63, 3.8) is 0 Å². The number of halogens is 4. The molecule has 22 heavy (non-hydrogen) atoms. The molecule has 0 radical (unpaired) electrons. The van der Waals surface area contributed by atoms with Crippen molar-refractivity contribution < 1.29 is 17.9 Å². The SMILES string of the molecule is Cc1c(Br)cccc1OCCCN1CCC(C(F)(F)F)CC1. The fraction of sp³-hybridized carbons (Fsp3) is 0.625. The first-order chi connectivity index (χ1) is 10.4. The Morgan fingerprint density at radius 1 is 1.27 bits per heavy atom. The number of piperidine rings is 1. The second kappa shape index (κ2) is 7.68. The summed E-state index contributed by atoms with van der Waals surface area (Å²) in [5.41, 5.74) is 1.06. The van der Waals surface area contributed by atoms with E-state index in [4.69, 9.17) is 4.74 Å². The molecule has 1 saturated heterocycles. The molecule has 0 spiro atoms. The Labute approximate surface area is 137 Å². The minimum atomic E-state index is -4.03. The summed E-state index contributed by atoms with van der Waals surface area (Å²) in [6.07, 6.45) is -2.78. The van der Waals surface area contributed by atoms with Crippen LogP contribution >= 0.6 is 15.9 Å². The maximum absolute atomic E-state index is 12.6. The van der Waals surface area contributed by atoms with E-state index in [-0.39, 0.29) is 12.8 Å². The van der Waals surface area contributed by atoms with Gasteiger partial charge in [0.1, 0.15) is 5.75 Å². The van der Waals surface area contributed by atoms with Crippen molar-refractivity contribution in [2.75, 3.05) is 26.2 Å². The van der Waals surface area contributed by atoms with Gasteiger partial charge in [0.05, 0.1) is 12.5 Å². The van der Waals surface area contributed by atoms with E-state index in [1.165, 1.54) is 0 Å². The third-order valence-corrected chi connectivity index (χ3v) is 5.00. The van der Waals surface area contributed by atoms with E-state index in [1.54, 1.807) is 0 Å². The summed E-state index contributed by atoms with van der Waals surface area (Å²) < 4.78 is 44.5. The van der Waals surface area contributed by atoms with Crippen LogP contribution in [0, 0.1) is 12.8 Å². The molecule has 1 aromatic carbocycles. The molecule has 1 aromatic rings. The van der Waals surface area contributed by atoms with Crippen LogP contribution in [0.3, 0.4) is 0 Å². The van der Waals surface area contributed by atoms with Gasteiger partial charge in [0.2, 0.25) is 0 Å². The zero-order valence-electron chi connectivity index (χ0n) is 12.6. The van der Waals surface area contributed by atoms with E-state index in [9.17, 15) is 13.2 Å². The summed E-state index contributed by atoms with van der Waals surface area (Å²) in [7, 11) is 0. The molecule has 1 aliphatic heterocycles. The Hall–Kier alpha value is -0.750. The lowest BCUT2D eigenvalue weighted by Crippen LogP contribution is -2.39. The zero-order chi connectivity index (χ0) is 16.2. The maximum atomic E-state index is 12.6. The third-order valence-electron chi connectivity index (χ3n) is 4.14. The number of rotatable bonds is 5. The molecule has 0 amide bonds. The van der Waals surface area contributed by atoms with Crippen LogP contribution in [-0.4, -0.2) is 37.3 Å². The number of likely N-dealkylation sites (tertiary alicyclic amines) is 1. The Bertz CT molecular complexity index is 485. The van der Waals surface area contributed by atoms with Gasteiger partial charge in [-0.15, -0.1) is 0 Å². The van der Waals surface area contributed by atoms with Gasteiger partial charge < -0.3 is 9.64 Å². The molecule has 0 bridgehead atoms. The molecule has 0 unspecified atom stereocenters. The number of benzene rings is 1. The van der Waals surface area contributed by atoms with Crippen LogP contribution < -0.4 is 4.74 Å². The van der Waals surface area contributed by atoms with Crippen molar-refractivity contribution >= 4 is 15.9 Å². The highest BCUT2D eigenvalue weighted by Crippen LogP contribution is 2.34. The molecule has 0 aromatic heterocycles. The minimum absolute atomic E-state index is 0.217. The Morgan fingerprint density at radius 3 is 2.59 bits per heavy atom. The predicted octanol–water partition coefficient (Wildman–Crippen LogP) is 4.80. The van der Waals surface area contributed by atoms with E-state index < -0.39 is 12.1 Å². The normalized spacial score (nSPS) is 17.7. The maximum Gasteiger partial charge on any atom is 0.391 e. The number of nitrogens with zero attached hydrogens (tertiary/aromatic N) is 1. The van der Waals surface area contributed by atoms with Gasteiger partial charge in [-0.3, -0.25) is 0 Å². The molecule has 1 aliphatic rings. The molecule has 0 N–H and O–H groups in total. The van der Waals surface area contributed by atoms with Crippen molar-refractivity contribution in [2.45, 2.75) is 32.4 Å². The Balaban J connectivity index is 1.67. The van der Waals surface area contributed by atoms with Crippen molar-refractivity contribution in [2.24, 2.45) is 5.92 Å². The summed E-state index contributed by atoms with van der Waals surface area (Å²) in [5, 5.41) is 0. The van der Waals surface area contributed by atoms with Gasteiger partial charge in [-0.25, -0.2) is 0 Å². The van der Waals surface area contributed by atoms with Crippen LogP contribution in [0.25, 0.3) is 0 Å². The van der Waals surface area contributed by atoms with Crippen LogP contribution in [0.4, 0.5) is 13.2 Å². The molecule has 1 heterocycles. The fourth-order valence-corrected chi connectivity index (χ4v) is 3.05. The highest BCUT2D eigenvalue weighted by molar-refractivity contribution is 9.10. The van der Waals surface area contributed by atoms with Crippen LogP contribution in [0.5, 0.6) is 5.75 Å². The first kappa shape index (κ1) is 17.6. The average molecular weight is 380 g/mol. The van der Waals surface area contributed by atoms with E-state index in [0.29, 0.717) is 19.7 Å². The topological polar surface area (TPSA) is 12.5 Å². The fourth-order valence-electron chi connectivity index (χ4n) is 2.70. The Kier molecular flexibility index (Phi) is 6.15. The quantitative estimate of drug-likeness (QED) is 0.681. The second-order valence-corrected chi connectivity index (χ2v) is 6.58. The first-order valence-corrected chi connectivity index (χ1v) is 8.34. The summed E-state index contributed by atoms with van der Waals surface area (Å²) in [6.45, 7) is 4.41. The summed E-state index contributed by atoms with van der Waals surface area (Å²) in [4.78, 5) is 2.10. The van der Waals surface area contributed by atoms with Crippen molar-refractivity contribution in [3.05, 3.63) is 28.2 Å². The largest absolute Gasteiger partial charge is 0.493 e. The van der Waals surface area contributed by atoms with E-state index >= 15 is 0 Å². The van der Waals surface area contributed by atoms with E-state index in [2.05, 4.69) is 20.8 Å². The molecule has 2 rings (SSSR count). The minimum Gasteiger partial charge on any atom is -0.493 e. The van der Waals surface area contributed by atoms with Crippen molar-refractivity contribution in [1.82, 2.24) is 4.90 Å². The molecule has 0 saturated carbocycles. The smallest absolute Gasteiger partial charge is 0.391 e. The number of hydrogen-bond donors (Lipinski definition) is 0. The van der Waals surface area contributed by atoms with Gasteiger partial charge >= 0.3 is 6.18 Å². The highest BCUT2D eigenvalue weighted by Gasteiger charge is 2.40. The Morgan fingerprint density at radius 2 is 1.95 bits per heavy atom. The molecule has 0 aliphatic carbocycles. The van der Waals surface area contributed by atoms with Crippen LogP contribution in [0.15, 0.2) is 22.7 Å². The van der Waals surface area contributed by atoms with Gasteiger partial charge in [-0.05, 0) is 51.4 Å². The van der Waals surface area contributed by atoms with Crippen LogP contribution in [-0.2, 0) is 0 Å². The summed E-state index contributed by atoms with van der Waals surface area (Å²) >= 11 is 3.46. The number of ether oxygens (including phenoxy) is 1. The average Bonchev–Trinajstić information content (AvgIpc) is 2.47. The first-order valence-electron chi connectivity index (χ1n) is 7.55. The zero-order valence-corrected chi connectivity index (χ0v) is 14.2. The number of alkyl halides is 3. The molecule has 0 atom stereocenters. The van der Waals surface area contributed by atoms with Crippen LogP contribution in [0.1, 0.15) is 24.8 Å². The molecule has 1 fully saturated rings. The summed E-state index contributed by atoms with van der Waals surface area (Å²) in [6, 6.07) is 5.82. The van der Waals surface area contributed by atoms with E-state index in [1.807, 2.05) is 25.1 Å². The third kappa shape index (κ3) is 4.88. The molecule has 2 nitrogen and oxygen atoms in total. The van der Waals surface area contributed by atoms with Gasteiger partial charge in [0.25, 0.3) is 0 Å². The molecular weight excluding hydrogens is 359 g/mol. The van der Waals surface area contributed by atoms with E-state index in [0.717, 1.165) is 28.8 Å². The van der Waals surface area contributed by atoms with Crippen LogP contribution in [0.2, 0.25) is 0 Å². The molecule has 124 valence electrons. The predicted molar refractivity (Wildman–Crippen MR) is 84.2 cm³/mol. The highest BCUT2D eigenvalue weighted by atomic mass is 79.9. The standard InChI is InChI=1S/C16H21BrF3NO/c1-12-14(17)4-2-5-15(12)22-11-3-8-21-9-6-13(7-10-21)16(18,19)20/h2,4-5,13H,3,6-11H2,1H3. The lowest BCUT2D eigenvalue weighted by molar-refractivity contribution is -0.185. The lowest BCUT2D eigenvalue weighted by atomic mass is 9.96. The van der Waals surface area contributed by atoms with Gasteiger partial charge in [0, 0.05) is 16.6 Å². The molecular formula is C16H21BrF3NO. The lowest BCUT2D eigenvalue weighted by Gasteiger charge is -2.32. The second-order valence-electron chi connectivity index (χ2n) is 5.72. The van der Waals surface area contributed by atoms with Gasteiger partial charge in [-0.1, -0.05) is 22.0 Å². The monoisotopic (exact) mass is 379 g/mol. The number of hydrogen-bond acceptors (Lipinski definition) is 2. The van der Waals surface area contributed by atoms with Gasteiger partial charge in [0.15, 0.2) is 0 Å².